The smallest absolute Gasteiger partial charge is 0.119 e. The zero-order valence-corrected chi connectivity index (χ0v) is 21.7. The average Bonchev–Trinajstić information content (AvgIpc) is 2.89. The molecule has 0 aliphatic heterocycles. The number of methoxy groups -OCH3 is 1. The summed E-state index contributed by atoms with van der Waals surface area (Å²) in [5.74, 6) is 0.775. The number of anilines is 1. The van der Waals surface area contributed by atoms with Crippen LogP contribution in [0.3, 0.4) is 0 Å². The lowest BCUT2D eigenvalue weighted by atomic mass is 10.3. The molecule has 0 aliphatic carbocycles. The van der Waals surface area contributed by atoms with Crippen molar-refractivity contribution in [3.05, 3.63) is 24.3 Å². The summed E-state index contributed by atoms with van der Waals surface area (Å²) in [6, 6.07) is 7.27. The maximum Gasteiger partial charge on any atom is 0.119 e. The molecule has 0 aliphatic rings. The number of hydrogen-bond acceptors (Lipinski definition) is 11. The van der Waals surface area contributed by atoms with Crippen LogP contribution in [-0.4, -0.2) is 126 Å². The molecule has 1 aromatic carbocycles. The molecule has 0 bridgehead atoms. The second-order valence-corrected chi connectivity index (χ2v) is 7.31. The molecule has 36 heavy (non-hydrogen) atoms. The molecule has 1 rings (SSSR count). The summed E-state index contributed by atoms with van der Waals surface area (Å²) in [5, 5.41) is 0. The zero-order valence-electron chi connectivity index (χ0n) is 21.7. The molecule has 0 heterocycles. The predicted molar refractivity (Wildman–Crippen MR) is 135 cm³/mol. The maximum absolute atomic E-state index is 5.63. The van der Waals surface area contributed by atoms with Crippen LogP contribution in [0.1, 0.15) is 0 Å². The van der Waals surface area contributed by atoms with E-state index in [-0.39, 0.29) is 0 Å². The molecule has 0 aromatic heterocycles. The second-order valence-electron chi connectivity index (χ2n) is 7.31. The van der Waals surface area contributed by atoms with Crippen LogP contribution in [0.4, 0.5) is 5.69 Å². The molecule has 11 heteroatoms. The van der Waals surface area contributed by atoms with Gasteiger partial charge in [0.25, 0.3) is 0 Å². The van der Waals surface area contributed by atoms with Crippen molar-refractivity contribution in [2.75, 3.05) is 132 Å². The first-order valence-electron chi connectivity index (χ1n) is 12.4. The Morgan fingerprint density at radius 3 is 1.00 bits per heavy atom. The van der Waals surface area contributed by atoms with Crippen LogP contribution in [0.15, 0.2) is 24.3 Å². The fourth-order valence-electron chi connectivity index (χ4n) is 2.57. The van der Waals surface area contributed by atoms with Crippen LogP contribution >= 0.6 is 0 Å². The molecule has 11 nitrogen and oxygen atoms in total. The molecule has 0 radical (unpaired) electrons. The molecule has 2 N–H and O–H groups in total. The monoisotopic (exact) mass is 519 g/mol. The lowest BCUT2D eigenvalue weighted by molar-refractivity contribution is -0.0247. The van der Waals surface area contributed by atoms with E-state index in [4.69, 9.17) is 53.1 Å². The first-order chi connectivity index (χ1) is 17.8. The molecule has 1 aromatic rings. The van der Waals surface area contributed by atoms with E-state index < -0.39 is 0 Å². The third kappa shape index (κ3) is 22.9. The number of benzene rings is 1. The van der Waals surface area contributed by atoms with Gasteiger partial charge in [-0.15, -0.1) is 0 Å². The van der Waals surface area contributed by atoms with E-state index in [9.17, 15) is 0 Å². The Bertz CT molecular complexity index is 564. The summed E-state index contributed by atoms with van der Waals surface area (Å²) in [6.07, 6.45) is 0. The van der Waals surface area contributed by atoms with Crippen molar-refractivity contribution in [2.24, 2.45) is 0 Å². The third-order valence-corrected chi connectivity index (χ3v) is 4.41. The van der Waals surface area contributed by atoms with Gasteiger partial charge in [0.2, 0.25) is 0 Å². The van der Waals surface area contributed by atoms with E-state index in [0.717, 1.165) is 5.75 Å². The normalized spacial score (nSPS) is 11.2. The minimum Gasteiger partial charge on any atom is -0.491 e. The number of nitrogen functional groups attached to an aromatic ring is 1. The van der Waals surface area contributed by atoms with Crippen molar-refractivity contribution in [3.63, 3.8) is 0 Å². The topological polar surface area (TPSA) is 118 Å². The number of rotatable bonds is 28. The summed E-state index contributed by atoms with van der Waals surface area (Å²) in [6.45, 7) is 9.53. The van der Waals surface area contributed by atoms with E-state index in [1.807, 2.05) is 12.1 Å². The molecular formula is C25H45NO10. The van der Waals surface area contributed by atoms with Gasteiger partial charge in [0.05, 0.1) is 112 Å². The number of nitrogens with two attached hydrogens (primary N) is 1. The Hall–Kier alpha value is -1.54. The van der Waals surface area contributed by atoms with Crippen molar-refractivity contribution < 1.29 is 47.4 Å². The van der Waals surface area contributed by atoms with Crippen LogP contribution in [0, 0.1) is 0 Å². The van der Waals surface area contributed by atoms with Crippen LogP contribution in [0.2, 0.25) is 0 Å². The lowest BCUT2D eigenvalue weighted by Crippen LogP contribution is -2.15. The van der Waals surface area contributed by atoms with Gasteiger partial charge in [-0.1, -0.05) is 0 Å². The molecule has 210 valence electrons. The maximum atomic E-state index is 5.63. The summed E-state index contributed by atoms with van der Waals surface area (Å²) in [7, 11) is 1.65. The van der Waals surface area contributed by atoms with Crippen LogP contribution < -0.4 is 10.5 Å². The first kappa shape index (κ1) is 32.5. The lowest BCUT2D eigenvalue weighted by Gasteiger charge is -2.09. The minimum atomic E-state index is 0.481. The second kappa shape index (κ2) is 26.5. The highest BCUT2D eigenvalue weighted by atomic mass is 16.6. The third-order valence-electron chi connectivity index (χ3n) is 4.41. The standard InChI is InChI=1S/C25H45NO10/c1-27-6-7-28-8-9-29-10-11-30-12-13-31-14-15-32-16-17-33-18-19-34-20-21-35-22-23-36-25-4-2-24(26)3-5-25/h2-5H,6-23,26H2,1H3. The van der Waals surface area contributed by atoms with Crippen molar-refractivity contribution >= 4 is 5.69 Å². The highest BCUT2D eigenvalue weighted by Crippen LogP contribution is 2.12. The summed E-state index contributed by atoms with van der Waals surface area (Å²) >= 11 is 0. The van der Waals surface area contributed by atoms with Gasteiger partial charge in [0.15, 0.2) is 0 Å². The Morgan fingerprint density at radius 1 is 0.417 bits per heavy atom. The molecule has 0 unspecified atom stereocenters. The van der Waals surface area contributed by atoms with E-state index in [1.54, 1.807) is 19.2 Å². The molecular weight excluding hydrogens is 474 g/mol. The summed E-state index contributed by atoms with van der Waals surface area (Å²) in [4.78, 5) is 0. The van der Waals surface area contributed by atoms with Crippen molar-refractivity contribution in [2.45, 2.75) is 0 Å². The van der Waals surface area contributed by atoms with Crippen molar-refractivity contribution in [1.29, 1.82) is 0 Å². The van der Waals surface area contributed by atoms with E-state index >= 15 is 0 Å². The largest absolute Gasteiger partial charge is 0.491 e. The van der Waals surface area contributed by atoms with Gasteiger partial charge >= 0.3 is 0 Å². The van der Waals surface area contributed by atoms with Crippen LogP contribution in [0.5, 0.6) is 5.75 Å². The SMILES string of the molecule is COCCOCCOCCOCCOCCOCCOCCOCCOCCOc1ccc(N)cc1. The highest BCUT2D eigenvalue weighted by molar-refractivity contribution is 5.41. The minimum absolute atomic E-state index is 0.481. The van der Waals surface area contributed by atoms with Gasteiger partial charge in [-0.25, -0.2) is 0 Å². The molecule has 0 atom stereocenters. The Morgan fingerprint density at radius 2 is 0.694 bits per heavy atom. The predicted octanol–water partition coefficient (Wildman–Crippen LogP) is 1.43. The molecule has 0 amide bonds. The number of hydrogen-bond donors (Lipinski definition) is 1. The van der Waals surface area contributed by atoms with Crippen LogP contribution in [0.25, 0.3) is 0 Å². The van der Waals surface area contributed by atoms with Gasteiger partial charge < -0.3 is 53.1 Å². The van der Waals surface area contributed by atoms with Crippen molar-refractivity contribution in [3.8, 4) is 5.75 Å². The quantitative estimate of drug-likeness (QED) is 0.128. The molecule has 0 fully saturated rings. The first-order valence-corrected chi connectivity index (χ1v) is 12.4. The average molecular weight is 520 g/mol. The van der Waals surface area contributed by atoms with Gasteiger partial charge in [0.1, 0.15) is 12.4 Å². The van der Waals surface area contributed by atoms with Crippen LogP contribution in [-0.2, 0) is 42.6 Å². The van der Waals surface area contributed by atoms with Gasteiger partial charge in [0, 0.05) is 12.8 Å². The Labute approximate surface area is 215 Å². The zero-order chi connectivity index (χ0) is 25.8. The van der Waals surface area contributed by atoms with E-state index in [2.05, 4.69) is 0 Å². The number of ether oxygens (including phenoxy) is 10. The van der Waals surface area contributed by atoms with Crippen molar-refractivity contribution in [1.82, 2.24) is 0 Å². The Kier molecular flexibility index (Phi) is 23.9. The fourth-order valence-corrected chi connectivity index (χ4v) is 2.57. The Balaban J connectivity index is 1.65. The molecule has 0 saturated carbocycles. The summed E-state index contributed by atoms with van der Waals surface area (Å²) < 4.78 is 53.8. The van der Waals surface area contributed by atoms with Gasteiger partial charge in [-0.3, -0.25) is 0 Å². The fraction of sp³-hybridized carbons (Fsp3) is 0.760. The molecule has 0 spiro atoms. The summed E-state index contributed by atoms with van der Waals surface area (Å²) in [5.41, 5.74) is 6.34. The van der Waals surface area contributed by atoms with E-state index in [1.165, 1.54) is 0 Å². The van der Waals surface area contributed by atoms with Gasteiger partial charge in [-0.05, 0) is 24.3 Å². The highest BCUT2D eigenvalue weighted by Gasteiger charge is 1.96. The molecule has 0 saturated heterocycles. The van der Waals surface area contributed by atoms with E-state index in [0.29, 0.717) is 125 Å². The van der Waals surface area contributed by atoms with Gasteiger partial charge in [-0.2, -0.15) is 0 Å².